The molecule has 0 aliphatic rings. The summed E-state index contributed by atoms with van der Waals surface area (Å²) in [6.07, 6.45) is 4.14. The van der Waals surface area contributed by atoms with E-state index in [4.69, 9.17) is 10.5 Å². The van der Waals surface area contributed by atoms with Crippen LogP contribution in [0.25, 0.3) is 0 Å². The second-order valence-corrected chi connectivity index (χ2v) is 9.68. The maximum Gasteiger partial charge on any atom is 0.407 e. The zero-order valence-electron chi connectivity index (χ0n) is 21.7. The predicted octanol–water partition coefficient (Wildman–Crippen LogP) is 5.18. The third-order valence-electron chi connectivity index (χ3n) is 5.32. The lowest BCUT2D eigenvalue weighted by Crippen LogP contribution is -2.46. The average molecular weight is 507 g/mol. The van der Waals surface area contributed by atoms with Gasteiger partial charge in [0.1, 0.15) is 17.2 Å². The lowest BCUT2D eigenvalue weighted by molar-refractivity contribution is 0.0502. The van der Waals surface area contributed by atoms with E-state index in [0.29, 0.717) is 6.42 Å². The van der Waals surface area contributed by atoms with Crippen molar-refractivity contribution in [3.05, 3.63) is 41.2 Å². The van der Waals surface area contributed by atoms with Crippen LogP contribution < -0.4 is 21.7 Å². The number of pyridine rings is 2. The van der Waals surface area contributed by atoms with E-state index in [1.807, 2.05) is 0 Å². The van der Waals surface area contributed by atoms with Gasteiger partial charge in [-0.2, -0.15) is 0 Å². The molecule has 2 heterocycles. The first-order valence-electron chi connectivity index (χ1n) is 12.0. The van der Waals surface area contributed by atoms with E-state index >= 15 is 0 Å². The number of rotatable bonds is 11. The highest BCUT2D eigenvalue weighted by atomic mass is 19.1. The molecule has 2 rings (SSSR count). The minimum atomic E-state index is -0.907. The number of carbonyl (C=O) groups is 2. The van der Waals surface area contributed by atoms with Gasteiger partial charge in [0, 0.05) is 18.2 Å². The van der Waals surface area contributed by atoms with Gasteiger partial charge >= 0.3 is 6.09 Å². The zero-order chi connectivity index (χ0) is 27.0. The molecule has 0 radical (unpaired) electrons. The number of halogens is 2. The normalized spacial score (nSPS) is 13.0. The number of alkyl carbamates (subject to hydrolysis) is 1. The first-order valence-corrected chi connectivity index (χ1v) is 12.0. The number of aromatic nitrogens is 2. The van der Waals surface area contributed by atoms with Gasteiger partial charge in [-0.25, -0.2) is 18.6 Å². The number of hydrogen-bond donors (Lipinski definition) is 4. The van der Waals surface area contributed by atoms with Gasteiger partial charge in [0.2, 0.25) is 0 Å². The van der Waals surface area contributed by atoms with Gasteiger partial charge in [-0.15, -0.1) is 0 Å². The molecule has 0 spiro atoms. The first-order chi connectivity index (χ1) is 16.8. The molecular weight excluding hydrogens is 470 g/mol. The van der Waals surface area contributed by atoms with E-state index in [1.54, 1.807) is 27.7 Å². The minimum absolute atomic E-state index is 0.0588. The molecule has 0 unspecified atom stereocenters. The molecule has 198 valence electrons. The Labute approximate surface area is 210 Å². The summed E-state index contributed by atoms with van der Waals surface area (Å²) in [6.45, 7) is 10.6. The van der Waals surface area contributed by atoms with Crippen molar-refractivity contribution in [2.24, 2.45) is 5.73 Å². The second-order valence-electron chi connectivity index (χ2n) is 9.68. The summed E-state index contributed by atoms with van der Waals surface area (Å²) in [7, 11) is 0. The fourth-order valence-corrected chi connectivity index (χ4v) is 3.42. The summed E-state index contributed by atoms with van der Waals surface area (Å²) in [5.74, 6) is -2.47. The fraction of sp³-hybridized carbons (Fsp3) is 0.520. The number of unbranched alkanes of at least 4 members (excludes halogenated alkanes) is 2. The van der Waals surface area contributed by atoms with Crippen molar-refractivity contribution in [1.82, 2.24) is 15.3 Å². The maximum atomic E-state index is 15.0. The molecule has 0 aliphatic heterocycles. The van der Waals surface area contributed by atoms with Gasteiger partial charge in [0.05, 0.1) is 23.1 Å². The molecular formula is C25H36F2N6O3. The number of primary amides is 1. The lowest BCUT2D eigenvalue weighted by atomic mass is 10.0. The van der Waals surface area contributed by atoms with Gasteiger partial charge in [0.15, 0.2) is 11.6 Å². The SMILES string of the molecule is CCCCC[C@@H](Nc1nc(Nc2cnc(C)c(F)c2)c(C(N)=O)cc1F)[C@H](C)NC(=O)OC(C)(C)C. The molecule has 0 bridgehead atoms. The largest absolute Gasteiger partial charge is 0.444 e. The fourth-order valence-electron chi connectivity index (χ4n) is 3.42. The minimum Gasteiger partial charge on any atom is -0.444 e. The van der Waals surface area contributed by atoms with E-state index < -0.39 is 41.3 Å². The van der Waals surface area contributed by atoms with Crippen LogP contribution in [0, 0.1) is 18.6 Å². The molecule has 2 atom stereocenters. The van der Waals surface area contributed by atoms with Crippen LogP contribution in [0.5, 0.6) is 0 Å². The smallest absolute Gasteiger partial charge is 0.407 e. The summed E-state index contributed by atoms with van der Waals surface area (Å²) in [5.41, 5.74) is 4.96. The third kappa shape index (κ3) is 8.62. The standard InChI is InChI=1S/C25H36F2N6O3/c1-7-8-9-10-20(15(3)30-24(35)36-25(4,5)6)32-23-19(27)12-17(21(28)34)22(33-23)31-16-11-18(26)14(2)29-13-16/h11-13,15,20H,7-10H2,1-6H3,(H2,28,34)(H,30,35)(H2,31,32,33)/t15-,20+/m0/s1. The Morgan fingerprint density at radius 3 is 2.42 bits per heavy atom. The first kappa shape index (κ1) is 28.7. The van der Waals surface area contributed by atoms with Crippen LogP contribution >= 0.6 is 0 Å². The van der Waals surface area contributed by atoms with Crippen molar-refractivity contribution in [3.8, 4) is 0 Å². The van der Waals surface area contributed by atoms with Crippen LogP contribution in [-0.4, -0.2) is 39.7 Å². The molecule has 0 aliphatic carbocycles. The van der Waals surface area contributed by atoms with Crippen molar-refractivity contribution in [1.29, 1.82) is 0 Å². The lowest BCUT2D eigenvalue weighted by Gasteiger charge is -2.28. The van der Waals surface area contributed by atoms with Crippen LogP contribution in [0.3, 0.4) is 0 Å². The molecule has 9 nitrogen and oxygen atoms in total. The van der Waals surface area contributed by atoms with Crippen LogP contribution in [-0.2, 0) is 4.74 Å². The molecule has 0 fully saturated rings. The van der Waals surface area contributed by atoms with Crippen LogP contribution in [0.2, 0.25) is 0 Å². The molecule has 5 N–H and O–H groups in total. The number of amides is 2. The van der Waals surface area contributed by atoms with Crippen molar-refractivity contribution in [3.63, 3.8) is 0 Å². The predicted molar refractivity (Wildman–Crippen MR) is 135 cm³/mol. The monoisotopic (exact) mass is 506 g/mol. The third-order valence-corrected chi connectivity index (χ3v) is 5.32. The van der Waals surface area contributed by atoms with Gasteiger partial charge in [0.25, 0.3) is 5.91 Å². The second kappa shape index (κ2) is 12.5. The van der Waals surface area contributed by atoms with Gasteiger partial charge in [-0.05, 0) is 47.1 Å². The summed E-state index contributed by atoms with van der Waals surface area (Å²) in [6, 6.07) is 1.30. The van der Waals surface area contributed by atoms with Crippen molar-refractivity contribution < 1.29 is 23.1 Å². The number of hydrogen-bond acceptors (Lipinski definition) is 7. The van der Waals surface area contributed by atoms with Crippen LogP contribution in [0.4, 0.5) is 30.9 Å². The molecule has 0 aromatic carbocycles. The van der Waals surface area contributed by atoms with Gasteiger partial charge in [-0.1, -0.05) is 26.2 Å². The summed E-state index contributed by atoms with van der Waals surface area (Å²) in [5, 5.41) is 8.63. The Kier molecular flexibility index (Phi) is 9.94. The van der Waals surface area contributed by atoms with E-state index in [0.717, 1.165) is 25.3 Å². The van der Waals surface area contributed by atoms with Crippen molar-refractivity contribution >= 4 is 29.3 Å². The number of nitrogens with zero attached hydrogens (tertiary/aromatic N) is 2. The molecule has 0 saturated heterocycles. The molecule has 36 heavy (non-hydrogen) atoms. The Morgan fingerprint density at radius 2 is 1.83 bits per heavy atom. The van der Waals surface area contributed by atoms with Crippen molar-refractivity contribution in [2.45, 2.75) is 84.9 Å². The number of ether oxygens (including phenoxy) is 1. The highest BCUT2D eigenvalue weighted by Crippen LogP contribution is 2.25. The Bertz CT molecular complexity index is 1070. The number of nitrogens with one attached hydrogen (secondary N) is 3. The quantitative estimate of drug-likeness (QED) is 0.309. The Morgan fingerprint density at radius 1 is 1.14 bits per heavy atom. The molecule has 2 aromatic rings. The highest BCUT2D eigenvalue weighted by molar-refractivity contribution is 5.98. The van der Waals surface area contributed by atoms with Gasteiger partial charge in [-0.3, -0.25) is 9.78 Å². The maximum absolute atomic E-state index is 15.0. The summed E-state index contributed by atoms with van der Waals surface area (Å²) < 4.78 is 34.3. The molecule has 0 saturated carbocycles. The summed E-state index contributed by atoms with van der Waals surface area (Å²) in [4.78, 5) is 32.4. The zero-order valence-corrected chi connectivity index (χ0v) is 21.7. The van der Waals surface area contributed by atoms with E-state index in [-0.39, 0.29) is 28.6 Å². The number of anilines is 3. The van der Waals surface area contributed by atoms with E-state index in [2.05, 4.69) is 32.8 Å². The highest BCUT2D eigenvalue weighted by Gasteiger charge is 2.25. The van der Waals surface area contributed by atoms with E-state index in [9.17, 15) is 18.4 Å². The average Bonchev–Trinajstić information content (AvgIpc) is 2.76. The molecule has 11 heteroatoms. The van der Waals surface area contributed by atoms with Crippen molar-refractivity contribution in [2.75, 3.05) is 10.6 Å². The van der Waals surface area contributed by atoms with E-state index in [1.165, 1.54) is 19.2 Å². The Balaban J connectivity index is 2.34. The van der Waals surface area contributed by atoms with Crippen LogP contribution in [0.15, 0.2) is 18.3 Å². The summed E-state index contributed by atoms with van der Waals surface area (Å²) >= 11 is 0. The van der Waals surface area contributed by atoms with Crippen LogP contribution in [0.1, 0.15) is 76.4 Å². The molecule has 2 aromatic heterocycles. The number of nitrogens with two attached hydrogens (primary N) is 1. The van der Waals surface area contributed by atoms with Gasteiger partial charge < -0.3 is 26.4 Å². The number of carbonyl (C=O) groups excluding carboxylic acids is 2. The Hall–Kier alpha value is -3.50. The molecule has 2 amide bonds. The topological polar surface area (TPSA) is 131 Å². The number of aryl methyl sites for hydroxylation is 1.